The smallest absolute Gasteiger partial charge is 0.174 e. The Bertz CT molecular complexity index is 681. The molecule has 0 spiro atoms. The van der Waals surface area contributed by atoms with Crippen LogP contribution in [0.4, 0.5) is 0 Å². The summed E-state index contributed by atoms with van der Waals surface area (Å²) in [5, 5.41) is 11.4. The van der Waals surface area contributed by atoms with E-state index in [1.165, 1.54) is 0 Å². The molecule has 3 rings (SSSR count). The number of piperidine rings is 1. The van der Waals surface area contributed by atoms with Crippen LogP contribution >= 0.6 is 0 Å². The number of benzene rings is 2. The molecule has 0 aliphatic carbocycles. The molecule has 1 heterocycles. The molecule has 0 aromatic heterocycles. The summed E-state index contributed by atoms with van der Waals surface area (Å²) in [6.45, 7) is 1.49. The molecule has 1 fully saturated rings. The van der Waals surface area contributed by atoms with E-state index in [9.17, 15) is 9.90 Å². The van der Waals surface area contributed by atoms with Crippen molar-refractivity contribution in [1.82, 2.24) is 0 Å². The van der Waals surface area contributed by atoms with Crippen molar-refractivity contribution in [3.8, 4) is 0 Å². The zero-order valence-corrected chi connectivity index (χ0v) is 13.8. The lowest BCUT2D eigenvalue weighted by Crippen LogP contribution is -2.59. The molecule has 0 saturated carbocycles. The third-order valence-electron chi connectivity index (χ3n) is 5.00. The van der Waals surface area contributed by atoms with Crippen molar-refractivity contribution < 1.29 is 14.4 Å². The van der Waals surface area contributed by atoms with E-state index < -0.39 is 11.5 Å². The Morgan fingerprint density at radius 2 is 1.61 bits per heavy atom. The van der Waals surface area contributed by atoms with E-state index in [1.807, 2.05) is 60.7 Å². The number of nitrogens with zero attached hydrogens (tertiary/aromatic N) is 1. The standard InChI is InChI=1S/C20H24NO2/c1-21(2)14-13-20(23,17-11-7-4-8-12-17)18(15-21)19(22)16-9-5-3-6-10-16/h3-12,18,23H,13-15H2,1-2H3/q+1. The number of hydrogen-bond donors (Lipinski definition) is 1. The molecule has 2 aromatic rings. The fourth-order valence-corrected chi connectivity index (χ4v) is 3.56. The van der Waals surface area contributed by atoms with Crippen LogP contribution in [0.1, 0.15) is 22.3 Å². The minimum atomic E-state index is -1.10. The van der Waals surface area contributed by atoms with Crippen molar-refractivity contribution in [2.75, 3.05) is 27.2 Å². The van der Waals surface area contributed by atoms with Crippen molar-refractivity contribution in [2.24, 2.45) is 5.92 Å². The molecule has 2 aromatic carbocycles. The molecule has 3 nitrogen and oxygen atoms in total. The van der Waals surface area contributed by atoms with Gasteiger partial charge in [-0.15, -0.1) is 0 Å². The fraction of sp³-hybridized carbons (Fsp3) is 0.350. The average molecular weight is 310 g/mol. The minimum absolute atomic E-state index is 0.0304. The molecular formula is C20H24NO2+. The van der Waals surface area contributed by atoms with Gasteiger partial charge in [-0.25, -0.2) is 0 Å². The molecule has 3 heteroatoms. The molecule has 2 unspecified atom stereocenters. The number of ketones is 1. The third kappa shape index (κ3) is 3.07. The van der Waals surface area contributed by atoms with E-state index in [2.05, 4.69) is 14.1 Å². The molecule has 0 amide bonds. The first-order valence-electron chi connectivity index (χ1n) is 8.12. The fourth-order valence-electron chi connectivity index (χ4n) is 3.56. The summed E-state index contributed by atoms with van der Waals surface area (Å²) in [5.74, 6) is -0.404. The van der Waals surface area contributed by atoms with Gasteiger partial charge in [-0.1, -0.05) is 60.7 Å². The van der Waals surface area contributed by atoms with Crippen LogP contribution in [-0.2, 0) is 5.60 Å². The van der Waals surface area contributed by atoms with E-state index in [0.29, 0.717) is 18.5 Å². The summed E-state index contributed by atoms with van der Waals surface area (Å²) in [7, 11) is 4.24. The van der Waals surface area contributed by atoms with E-state index in [0.717, 1.165) is 16.6 Å². The lowest BCUT2D eigenvalue weighted by atomic mass is 9.72. The zero-order chi connectivity index (χ0) is 16.5. The Labute approximate surface area is 137 Å². The maximum Gasteiger partial charge on any atom is 0.174 e. The van der Waals surface area contributed by atoms with Crippen LogP contribution in [0.3, 0.4) is 0 Å². The highest BCUT2D eigenvalue weighted by molar-refractivity contribution is 5.98. The number of aliphatic hydroxyl groups is 1. The Morgan fingerprint density at radius 3 is 2.22 bits per heavy atom. The highest BCUT2D eigenvalue weighted by atomic mass is 16.3. The zero-order valence-electron chi connectivity index (χ0n) is 13.8. The van der Waals surface area contributed by atoms with Gasteiger partial charge in [-0.2, -0.15) is 0 Å². The molecule has 1 N–H and O–H groups in total. The molecule has 2 atom stereocenters. The second-order valence-corrected chi connectivity index (χ2v) is 7.17. The largest absolute Gasteiger partial charge is 0.384 e. The lowest BCUT2D eigenvalue weighted by Gasteiger charge is -2.46. The van der Waals surface area contributed by atoms with E-state index in [4.69, 9.17) is 0 Å². The van der Waals surface area contributed by atoms with Gasteiger partial charge in [-0.3, -0.25) is 4.79 Å². The summed E-state index contributed by atoms with van der Waals surface area (Å²) < 4.78 is 0.748. The molecule has 1 saturated heterocycles. The van der Waals surface area contributed by atoms with Gasteiger partial charge in [0.2, 0.25) is 0 Å². The first-order chi connectivity index (χ1) is 10.9. The number of likely N-dealkylation sites (tertiary alicyclic amines) is 1. The first-order valence-corrected chi connectivity index (χ1v) is 8.12. The van der Waals surface area contributed by atoms with Crippen LogP contribution in [0.5, 0.6) is 0 Å². The van der Waals surface area contributed by atoms with Crippen molar-refractivity contribution in [2.45, 2.75) is 12.0 Å². The topological polar surface area (TPSA) is 37.3 Å². The number of quaternary nitrogens is 1. The Morgan fingerprint density at radius 1 is 1.04 bits per heavy atom. The van der Waals surface area contributed by atoms with E-state index in [1.54, 1.807) is 0 Å². The second kappa shape index (κ2) is 5.91. The number of carbonyl (C=O) groups excluding carboxylic acids is 1. The van der Waals surface area contributed by atoms with Gasteiger partial charge in [-0.05, 0) is 5.56 Å². The number of carbonyl (C=O) groups is 1. The first kappa shape index (κ1) is 15.9. The predicted octanol–water partition coefficient (Wildman–Crippen LogP) is 2.85. The van der Waals surface area contributed by atoms with Gasteiger partial charge in [0, 0.05) is 12.0 Å². The van der Waals surface area contributed by atoms with Gasteiger partial charge < -0.3 is 9.59 Å². The van der Waals surface area contributed by atoms with Crippen LogP contribution in [0.2, 0.25) is 0 Å². The Balaban J connectivity index is 2.02. The van der Waals surface area contributed by atoms with Gasteiger partial charge >= 0.3 is 0 Å². The van der Waals surface area contributed by atoms with Crippen molar-refractivity contribution in [1.29, 1.82) is 0 Å². The minimum Gasteiger partial charge on any atom is -0.384 e. The van der Waals surface area contributed by atoms with Crippen LogP contribution in [0.25, 0.3) is 0 Å². The van der Waals surface area contributed by atoms with Crippen molar-refractivity contribution in [3.63, 3.8) is 0 Å². The van der Waals surface area contributed by atoms with Crippen LogP contribution in [-0.4, -0.2) is 42.6 Å². The average Bonchev–Trinajstić information content (AvgIpc) is 2.58. The summed E-state index contributed by atoms with van der Waals surface area (Å²) in [5.41, 5.74) is 0.421. The van der Waals surface area contributed by atoms with Crippen LogP contribution < -0.4 is 0 Å². The quantitative estimate of drug-likeness (QED) is 0.699. The molecular weight excluding hydrogens is 286 g/mol. The normalized spacial score (nSPS) is 26.7. The predicted molar refractivity (Wildman–Crippen MR) is 91.1 cm³/mol. The van der Waals surface area contributed by atoms with Crippen LogP contribution in [0.15, 0.2) is 60.7 Å². The maximum absolute atomic E-state index is 13.1. The summed E-state index contributed by atoms with van der Waals surface area (Å²) in [6, 6.07) is 19.0. The Hall–Kier alpha value is -1.97. The number of rotatable bonds is 3. The summed E-state index contributed by atoms with van der Waals surface area (Å²) in [4.78, 5) is 13.1. The highest BCUT2D eigenvalue weighted by Crippen LogP contribution is 2.40. The molecule has 23 heavy (non-hydrogen) atoms. The van der Waals surface area contributed by atoms with Gasteiger partial charge in [0.05, 0.1) is 27.2 Å². The van der Waals surface area contributed by atoms with E-state index >= 15 is 0 Å². The van der Waals surface area contributed by atoms with Crippen LogP contribution in [0, 0.1) is 5.92 Å². The lowest BCUT2D eigenvalue weighted by molar-refractivity contribution is -0.900. The molecule has 0 bridgehead atoms. The maximum atomic E-state index is 13.1. The number of hydrogen-bond acceptors (Lipinski definition) is 2. The van der Waals surface area contributed by atoms with E-state index in [-0.39, 0.29) is 5.78 Å². The molecule has 120 valence electrons. The highest BCUT2D eigenvalue weighted by Gasteiger charge is 2.50. The van der Waals surface area contributed by atoms with Gasteiger partial charge in [0.25, 0.3) is 0 Å². The van der Waals surface area contributed by atoms with Gasteiger partial charge in [0.15, 0.2) is 5.78 Å². The molecule has 0 radical (unpaired) electrons. The third-order valence-corrected chi connectivity index (χ3v) is 5.00. The SMILES string of the molecule is C[N+]1(C)CCC(O)(c2ccccc2)C(C(=O)c2ccccc2)C1. The second-order valence-electron chi connectivity index (χ2n) is 7.17. The summed E-state index contributed by atoms with van der Waals surface area (Å²) >= 11 is 0. The van der Waals surface area contributed by atoms with Crippen molar-refractivity contribution >= 4 is 5.78 Å². The monoisotopic (exact) mass is 310 g/mol. The molecule has 1 aliphatic rings. The van der Waals surface area contributed by atoms with Crippen molar-refractivity contribution in [3.05, 3.63) is 71.8 Å². The molecule has 1 aliphatic heterocycles. The number of Topliss-reactive ketones (excluding diaryl/α,β-unsaturated/α-hetero) is 1. The Kier molecular flexibility index (Phi) is 4.09. The summed E-state index contributed by atoms with van der Waals surface area (Å²) in [6.07, 6.45) is 0.591. The van der Waals surface area contributed by atoms with Gasteiger partial charge in [0.1, 0.15) is 11.5 Å².